The quantitative estimate of drug-likeness (QED) is 0.438. The number of alkyl halides is 3. The second kappa shape index (κ2) is 9.43. The monoisotopic (exact) mass is 497 g/mol. The molecule has 1 fully saturated rings. The van der Waals surface area contributed by atoms with Crippen molar-refractivity contribution in [2.75, 3.05) is 5.32 Å². The Kier molecular flexibility index (Phi) is 7.37. The van der Waals surface area contributed by atoms with Crippen LogP contribution in [0, 0.1) is 6.92 Å². The van der Waals surface area contributed by atoms with Crippen molar-refractivity contribution in [2.45, 2.75) is 77.3 Å². The molecule has 33 heavy (non-hydrogen) atoms. The van der Waals surface area contributed by atoms with E-state index in [4.69, 9.17) is 23.8 Å². The van der Waals surface area contributed by atoms with Crippen molar-refractivity contribution in [3.05, 3.63) is 64.2 Å². The lowest BCUT2D eigenvalue weighted by Gasteiger charge is -2.50. The molecule has 2 aromatic carbocycles. The Hall–Kier alpha value is -1.83. The number of halogens is 4. The van der Waals surface area contributed by atoms with E-state index >= 15 is 0 Å². The first-order valence-electron chi connectivity index (χ1n) is 11.0. The Labute approximate surface area is 204 Å². The minimum atomic E-state index is -4.54. The number of piperidine rings is 1. The fourth-order valence-electron chi connectivity index (χ4n) is 4.84. The number of rotatable bonds is 4. The molecular formula is C25H31ClF3N3S. The first kappa shape index (κ1) is 25.8. The third-order valence-electron chi connectivity index (χ3n) is 6.00. The van der Waals surface area contributed by atoms with Crippen molar-refractivity contribution in [1.29, 1.82) is 0 Å². The highest BCUT2D eigenvalue weighted by Crippen LogP contribution is 2.37. The SMILES string of the molecule is Cc1ccccc1CN(C(=S)Nc1ccc(Cl)c(C(F)(F)F)c1)C1CC(C)(C)NC(C)(C)C1. The number of hydrogen-bond donors (Lipinski definition) is 2. The van der Waals surface area contributed by atoms with Gasteiger partial charge >= 0.3 is 6.18 Å². The van der Waals surface area contributed by atoms with Crippen molar-refractivity contribution >= 4 is 34.6 Å². The van der Waals surface area contributed by atoms with Crippen LogP contribution >= 0.6 is 23.8 Å². The molecule has 0 saturated carbocycles. The van der Waals surface area contributed by atoms with Crippen LogP contribution in [-0.2, 0) is 12.7 Å². The van der Waals surface area contributed by atoms with Gasteiger partial charge in [-0.05, 0) is 89.0 Å². The van der Waals surface area contributed by atoms with Gasteiger partial charge in [0.15, 0.2) is 5.11 Å². The molecule has 0 bridgehead atoms. The number of benzene rings is 2. The van der Waals surface area contributed by atoms with Crippen LogP contribution in [0.3, 0.4) is 0 Å². The third-order valence-corrected chi connectivity index (χ3v) is 6.66. The summed E-state index contributed by atoms with van der Waals surface area (Å²) in [5.74, 6) is 0. The maximum absolute atomic E-state index is 13.4. The fourth-order valence-corrected chi connectivity index (χ4v) is 5.40. The molecule has 2 aromatic rings. The topological polar surface area (TPSA) is 27.3 Å². The van der Waals surface area contributed by atoms with Crippen LogP contribution in [-0.4, -0.2) is 27.1 Å². The zero-order chi connectivity index (χ0) is 24.6. The fraction of sp³-hybridized carbons (Fsp3) is 0.480. The molecule has 2 N–H and O–H groups in total. The standard InChI is InChI=1S/C25H31ClF3N3S/c1-16-8-6-7-9-17(16)15-32(19-13-23(2,3)31-24(4,5)14-19)22(33)30-18-10-11-21(26)20(12-18)25(27,28)29/h6-12,19,31H,13-15H2,1-5H3,(H,30,33). The van der Waals surface area contributed by atoms with Crippen LogP contribution in [0.4, 0.5) is 18.9 Å². The molecule has 180 valence electrons. The molecule has 0 atom stereocenters. The van der Waals surface area contributed by atoms with E-state index in [1.54, 1.807) is 0 Å². The molecular weight excluding hydrogens is 467 g/mol. The van der Waals surface area contributed by atoms with Crippen molar-refractivity contribution in [3.63, 3.8) is 0 Å². The highest BCUT2D eigenvalue weighted by atomic mass is 35.5. The zero-order valence-electron chi connectivity index (χ0n) is 19.6. The first-order valence-corrected chi connectivity index (χ1v) is 11.7. The maximum atomic E-state index is 13.4. The lowest BCUT2D eigenvalue weighted by atomic mass is 9.79. The van der Waals surface area contributed by atoms with E-state index in [1.165, 1.54) is 12.1 Å². The van der Waals surface area contributed by atoms with Gasteiger partial charge in [0.25, 0.3) is 0 Å². The highest BCUT2D eigenvalue weighted by Gasteiger charge is 2.41. The summed E-state index contributed by atoms with van der Waals surface area (Å²) in [5, 5.41) is 6.79. The van der Waals surface area contributed by atoms with Gasteiger partial charge in [0, 0.05) is 29.4 Å². The van der Waals surface area contributed by atoms with Crippen LogP contribution in [0.1, 0.15) is 57.2 Å². The van der Waals surface area contributed by atoms with Gasteiger partial charge < -0.3 is 15.5 Å². The molecule has 1 aliphatic heterocycles. The van der Waals surface area contributed by atoms with E-state index in [0.717, 1.165) is 30.0 Å². The Morgan fingerprint density at radius 3 is 2.30 bits per heavy atom. The molecule has 0 amide bonds. The molecule has 0 spiro atoms. The minimum Gasteiger partial charge on any atom is -0.342 e. The van der Waals surface area contributed by atoms with Gasteiger partial charge in [-0.1, -0.05) is 35.9 Å². The van der Waals surface area contributed by atoms with Crippen molar-refractivity contribution < 1.29 is 13.2 Å². The predicted molar refractivity (Wildman–Crippen MR) is 134 cm³/mol. The average Bonchev–Trinajstić information content (AvgIpc) is 2.65. The van der Waals surface area contributed by atoms with Crippen LogP contribution in [0.5, 0.6) is 0 Å². The lowest BCUT2D eigenvalue weighted by molar-refractivity contribution is -0.137. The maximum Gasteiger partial charge on any atom is 0.417 e. The average molecular weight is 498 g/mol. The van der Waals surface area contributed by atoms with Crippen LogP contribution in [0.25, 0.3) is 0 Å². The summed E-state index contributed by atoms with van der Waals surface area (Å²) in [7, 11) is 0. The summed E-state index contributed by atoms with van der Waals surface area (Å²) in [5.41, 5.74) is 1.42. The van der Waals surface area contributed by atoms with E-state index in [1.807, 2.05) is 12.1 Å². The van der Waals surface area contributed by atoms with Crippen molar-refractivity contribution in [1.82, 2.24) is 10.2 Å². The van der Waals surface area contributed by atoms with E-state index in [-0.39, 0.29) is 27.8 Å². The van der Waals surface area contributed by atoms with Crippen molar-refractivity contribution in [3.8, 4) is 0 Å². The van der Waals surface area contributed by atoms with Gasteiger partial charge in [-0.15, -0.1) is 0 Å². The molecule has 0 aromatic heterocycles. The van der Waals surface area contributed by atoms with Crippen LogP contribution in [0.2, 0.25) is 5.02 Å². The zero-order valence-corrected chi connectivity index (χ0v) is 21.2. The molecule has 1 heterocycles. The van der Waals surface area contributed by atoms with Gasteiger partial charge in [-0.3, -0.25) is 0 Å². The molecule has 0 unspecified atom stereocenters. The second-order valence-corrected chi connectivity index (χ2v) is 10.9. The highest BCUT2D eigenvalue weighted by molar-refractivity contribution is 7.80. The number of thiocarbonyl (C=S) groups is 1. The normalized spacial score (nSPS) is 18.1. The minimum absolute atomic E-state index is 0.102. The molecule has 1 aliphatic rings. The Balaban J connectivity index is 1.94. The van der Waals surface area contributed by atoms with Gasteiger partial charge in [0.05, 0.1) is 10.6 Å². The first-order chi connectivity index (χ1) is 15.2. The summed E-state index contributed by atoms with van der Waals surface area (Å²) in [6, 6.07) is 12.0. The Morgan fingerprint density at radius 1 is 1.12 bits per heavy atom. The summed E-state index contributed by atoms with van der Waals surface area (Å²) in [6.07, 6.45) is -2.85. The van der Waals surface area contributed by atoms with E-state index < -0.39 is 11.7 Å². The molecule has 0 aliphatic carbocycles. The number of nitrogens with zero attached hydrogens (tertiary/aromatic N) is 1. The molecule has 0 radical (unpaired) electrons. The van der Waals surface area contributed by atoms with Gasteiger partial charge in [-0.2, -0.15) is 13.2 Å². The van der Waals surface area contributed by atoms with Gasteiger partial charge in [-0.25, -0.2) is 0 Å². The molecule has 8 heteroatoms. The smallest absolute Gasteiger partial charge is 0.342 e. The number of aryl methyl sites for hydroxylation is 1. The lowest BCUT2D eigenvalue weighted by Crippen LogP contribution is -2.63. The second-order valence-electron chi connectivity index (χ2n) is 10.1. The summed E-state index contributed by atoms with van der Waals surface area (Å²) >= 11 is 11.6. The Morgan fingerprint density at radius 2 is 1.73 bits per heavy atom. The summed E-state index contributed by atoms with van der Waals surface area (Å²) in [4.78, 5) is 2.11. The third kappa shape index (κ3) is 6.61. The Bertz CT molecular complexity index is 1000. The van der Waals surface area contributed by atoms with E-state index in [2.05, 4.69) is 62.3 Å². The summed E-state index contributed by atoms with van der Waals surface area (Å²) in [6.45, 7) is 11.3. The van der Waals surface area contributed by atoms with Crippen molar-refractivity contribution in [2.24, 2.45) is 0 Å². The largest absolute Gasteiger partial charge is 0.417 e. The van der Waals surface area contributed by atoms with Crippen LogP contribution in [0.15, 0.2) is 42.5 Å². The number of anilines is 1. The van der Waals surface area contributed by atoms with Gasteiger partial charge in [0.1, 0.15) is 0 Å². The van der Waals surface area contributed by atoms with Crippen LogP contribution < -0.4 is 10.6 Å². The van der Waals surface area contributed by atoms with E-state index in [9.17, 15) is 13.2 Å². The molecule has 3 rings (SSSR count). The van der Waals surface area contributed by atoms with E-state index in [0.29, 0.717) is 11.7 Å². The molecule has 1 saturated heterocycles. The summed E-state index contributed by atoms with van der Waals surface area (Å²) < 4.78 is 40.1. The molecule has 3 nitrogen and oxygen atoms in total. The number of nitrogens with one attached hydrogen (secondary N) is 2. The van der Waals surface area contributed by atoms with Gasteiger partial charge in [0.2, 0.25) is 0 Å². The number of hydrogen-bond acceptors (Lipinski definition) is 2. The predicted octanol–water partition coefficient (Wildman–Crippen LogP) is 7.18.